The largest absolute Gasteiger partial charge is 0.492 e. The first-order valence-corrected chi connectivity index (χ1v) is 9.21. The van der Waals surface area contributed by atoms with Crippen LogP contribution in [0.2, 0.25) is 0 Å². The Morgan fingerprint density at radius 3 is 2.32 bits per heavy atom. The van der Waals surface area contributed by atoms with Crippen LogP contribution in [0.25, 0.3) is 0 Å². The number of anilines is 1. The Labute approximate surface area is 146 Å². The molecule has 2 aromatic rings. The summed E-state index contributed by atoms with van der Waals surface area (Å²) in [5.41, 5.74) is 5.58. The predicted octanol–water partition coefficient (Wildman–Crippen LogP) is 1.92. The number of hydrogen-bond donors (Lipinski definition) is 1. The average molecular weight is 366 g/mol. The zero-order valence-corrected chi connectivity index (χ0v) is 14.3. The molecule has 2 aromatic carbocycles. The van der Waals surface area contributed by atoms with Crippen molar-refractivity contribution >= 4 is 21.6 Å². The van der Waals surface area contributed by atoms with Crippen molar-refractivity contribution < 1.29 is 22.3 Å². The lowest BCUT2D eigenvalue weighted by atomic mass is 10.3. The molecule has 2 rings (SSSR count). The van der Waals surface area contributed by atoms with Crippen LogP contribution in [0, 0.1) is 5.82 Å². The molecule has 0 radical (unpaired) electrons. The molecule has 0 aliphatic rings. The van der Waals surface area contributed by atoms with Gasteiger partial charge in [0.25, 0.3) is 0 Å². The van der Waals surface area contributed by atoms with E-state index in [4.69, 9.17) is 10.5 Å². The van der Waals surface area contributed by atoms with E-state index in [-0.39, 0.29) is 25.3 Å². The topological polar surface area (TPSA) is 89.7 Å². The normalized spacial score (nSPS) is 11.1. The number of ether oxygens (including phenoxy) is 1. The summed E-state index contributed by atoms with van der Waals surface area (Å²) < 4.78 is 44.6. The first-order valence-electron chi connectivity index (χ1n) is 7.60. The van der Waals surface area contributed by atoms with Crippen molar-refractivity contribution in [3.63, 3.8) is 0 Å². The minimum Gasteiger partial charge on any atom is -0.492 e. The summed E-state index contributed by atoms with van der Waals surface area (Å²) in [6, 6.07) is 13.8. The molecule has 0 saturated heterocycles. The van der Waals surface area contributed by atoms with E-state index < -0.39 is 21.7 Å². The van der Waals surface area contributed by atoms with Crippen molar-refractivity contribution in [2.75, 3.05) is 23.2 Å². The van der Waals surface area contributed by atoms with Crippen LogP contribution in [-0.4, -0.2) is 33.2 Å². The van der Waals surface area contributed by atoms with Crippen molar-refractivity contribution in [2.45, 2.75) is 6.42 Å². The summed E-state index contributed by atoms with van der Waals surface area (Å²) in [6.07, 6.45) is -0.0903. The third-order valence-electron chi connectivity index (χ3n) is 3.36. The second-order valence-electron chi connectivity index (χ2n) is 5.24. The third-order valence-corrected chi connectivity index (χ3v) is 5.11. The fourth-order valence-electron chi connectivity index (χ4n) is 2.14. The van der Waals surface area contributed by atoms with Gasteiger partial charge in [0, 0.05) is 13.0 Å². The van der Waals surface area contributed by atoms with E-state index in [1.807, 2.05) is 0 Å². The molecule has 0 unspecified atom stereocenters. The number of carbonyl (C=O) groups excluding carboxylic acids is 1. The van der Waals surface area contributed by atoms with Gasteiger partial charge in [0.05, 0.1) is 5.69 Å². The van der Waals surface area contributed by atoms with E-state index in [1.165, 1.54) is 24.3 Å². The van der Waals surface area contributed by atoms with Gasteiger partial charge >= 0.3 is 0 Å². The molecule has 0 aromatic heterocycles. The number of halogens is 1. The fourth-order valence-corrected chi connectivity index (χ4v) is 3.47. The SMILES string of the molecule is NC(=O)CCN(c1ccccc1)S(=O)(=O)CCOc1ccc(F)cc1. The number of rotatable bonds is 9. The molecule has 6 nitrogen and oxygen atoms in total. The van der Waals surface area contributed by atoms with E-state index in [9.17, 15) is 17.6 Å². The summed E-state index contributed by atoms with van der Waals surface area (Å²) in [5, 5.41) is 0. The maximum Gasteiger partial charge on any atom is 0.238 e. The summed E-state index contributed by atoms with van der Waals surface area (Å²) in [4.78, 5) is 11.0. The van der Waals surface area contributed by atoms with Gasteiger partial charge in [-0.3, -0.25) is 9.10 Å². The maximum absolute atomic E-state index is 12.8. The van der Waals surface area contributed by atoms with E-state index in [0.717, 1.165) is 4.31 Å². The summed E-state index contributed by atoms with van der Waals surface area (Å²) in [7, 11) is -3.72. The molecular formula is C17H19FN2O4S. The molecule has 2 N–H and O–H groups in total. The van der Waals surface area contributed by atoms with Gasteiger partial charge in [-0.25, -0.2) is 12.8 Å². The Balaban J connectivity index is 2.06. The van der Waals surface area contributed by atoms with Crippen LogP contribution in [0.3, 0.4) is 0 Å². The minimum atomic E-state index is -3.72. The van der Waals surface area contributed by atoms with E-state index >= 15 is 0 Å². The van der Waals surface area contributed by atoms with Crippen molar-refractivity contribution in [3.05, 3.63) is 60.4 Å². The average Bonchev–Trinajstić information content (AvgIpc) is 2.57. The van der Waals surface area contributed by atoms with Gasteiger partial charge < -0.3 is 10.5 Å². The van der Waals surface area contributed by atoms with E-state index in [0.29, 0.717) is 11.4 Å². The minimum absolute atomic E-state index is 0.0434. The Morgan fingerprint density at radius 2 is 1.72 bits per heavy atom. The first-order chi connectivity index (χ1) is 11.9. The van der Waals surface area contributed by atoms with Crippen LogP contribution < -0.4 is 14.8 Å². The highest BCUT2D eigenvalue weighted by Crippen LogP contribution is 2.19. The van der Waals surface area contributed by atoms with Crippen molar-refractivity contribution in [1.82, 2.24) is 0 Å². The Kier molecular flexibility index (Phi) is 6.35. The fraction of sp³-hybridized carbons (Fsp3) is 0.235. The number of hydrogen-bond acceptors (Lipinski definition) is 4. The number of carbonyl (C=O) groups is 1. The Hall–Kier alpha value is -2.61. The third kappa shape index (κ3) is 5.75. The molecule has 0 spiro atoms. The van der Waals surface area contributed by atoms with Crippen molar-refractivity contribution in [3.8, 4) is 5.75 Å². The smallest absolute Gasteiger partial charge is 0.238 e. The highest BCUT2D eigenvalue weighted by Gasteiger charge is 2.23. The van der Waals surface area contributed by atoms with E-state index in [1.54, 1.807) is 30.3 Å². The summed E-state index contributed by atoms with van der Waals surface area (Å²) in [5.74, 6) is -0.904. The van der Waals surface area contributed by atoms with Gasteiger partial charge in [0.15, 0.2) is 0 Å². The first kappa shape index (κ1) is 18.7. The Bertz CT molecular complexity index is 795. The molecule has 0 atom stereocenters. The standard InChI is InChI=1S/C17H19FN2O4S/c18-14-6-8-16(9-7-14)24-12-13-25(22,23)20(11-10-17(19)21)15-4-2-1-3-5-15/h1-9H,10-13H2,(H2,19,21). The van der Waals surface area contributed by atoms with Crippen LogP contribution in [-0.2, 0) is 14.8 Å². The lowest BCUT2D eigenvalue weighted by Gasteiger charge is -2.24. The lowest BCUT2D eigenvalue weighted by Crippen LogP contribution is -2.37. The van der Waals surface area contributed by atoms with Crippen molar-refractivity contribution in [2.24, 2.45) is 5.73 Å². The number of nitrogens with two attached hydrogens (primary N) is 1. The highest BCUT2D eigenvalue weighted by molar-refractivity contribution is 7.92. The van der Waals surface area contributed by atoms with Gasteiger partial charge in [-0.1, -0.05) is 18.2 Å². The predicted molar refractivity (Wildman–Crippen MR) is 93.3 cm³/mol. The summed E-state index contributed by atoms with van der Waals surface area (Å²) in [6.45, 7) is -0.147. The van der Waals surface area contributed by atoms with E-state index in [2.05, 4.69) is 0 Å². The van der Waals surface area contributed by atoms with Crippen LogP contribution in [0.1, 0.15) is 6.42 Å². The molecule has 0 aliphatic heterocycles. The quantitative estimate of drug-likeness (QED) is 0.734. The second-order valence-corrected chi connectivity index (χ2v) is 7.26. The monoisotopic (exact) mass is 366 g/mol. The second kappa shape index (κ2) is 8.48. The number of nitrogens with zero attached hydrogens (tertiary/aromatic N) is 1. The molecule has 0 bridgehead atoms. The van der Waals surface area contributed by atoms with Gasteiger partial charge in [0.2, 0.25) is 15.9 Å². The molecule has 0 heterocycles. The lowest BCUT2D eigenvalue weighted by molar-refractivity contribution is -0.117. The van der Waals surface area contributed by atoms with Crippen LogP contribution in [0.5, 0.6) is 5.75 Å². The number of primary amides is 1. The molecule has 0 saturated carbocycles. The zero-order chi connectivity index (χ0) is 18.3. The van der Waals surface area contributed by atoms with Crippen LogP contribution in [0.4, 0.5) is 10.1 Å². The van der Waals surface area contributed by atoms with Gasteiger partial charge in [-0.15, -0.1) is 0 Å². The zero-order valence-electron chi connectivity index (χ0n) is 13.5. The molecule has 25 heavy (non-hydrogen) atoms. The summed E-state index contributed by atoms with van der Waals surface area (Å²) >= 11 is 0. The Morgan fingerprint density at radius 1 is 1.08 bits per heavy atom. The molecule has 1 amide bonds. The number of benzene rings is 2. The number of sulfonamides is 1. The van der Waals surface area contributed by atoms with Crippen LogP contribution >= 0.6 is 0 Å². The van der Waals surface area contributed by atoms with Crippen LogP contribution in [0.15, 0.2) is 54.6 Å². The van der Waals surface area contributed by atoms with Gasteiger partial charge in [0.1, 0.15) is 23.9 Å². The number of amides is 1. The number of para-hydroxylation sites is 1. The molecular weight excluding hydrogens is 347 g/mol. The molecule has 134 valence electrons. The van der Waals surface area contributed by atoms with Crippen molar-refractivity contribution in [1.29, 1.82) is 0 Å². The molecule has 8 heteroatoms. The van der Waals surface area contributed by atoms with Gasteiger partial charge in [-0.05, 0) is 36.4 Å². The maximum atomic E-state index is 12.8. The highest BCUT2D eigenvalue weighted by atomic mass is 32.2. The van der Waals surface area contributed by atoms with Gasteiger partial charge in [-0.2, -0.15) is 0 Å². The molecule has 0 fully saturated rings. The molecule has 0 aliphatic carbocycles.